The van der Waals surface area contributed by atoms with Gasteiger partial charge in [-0.2, -0.15) is 0 Å². The van der Waals surface area contributed by atoms with Gasteiger partial charge in [-0.25, -0.2) is 8.42 Å². The Kier molecular flexibility index (Phi) is 5.12. The molecule has 0 aromatic heterocycles. The van der Waals surface area contributed by atoms with Gasteiger partial charge in [-0.1, -0.05) is 35.9 Å². The summed E-state index contributed by atoms with van der Waals surface area (Å²) in [7, 11) is -3.36. The highest BCUT2D eigenvalue weighted by molar-refractivity contribution is 7.90. The van der Waals surface area contributed by atoms with Gasteiger partial charge in [0.05, 0.1) is 10.9 Å². The van der Waals surface area contributed by atoms with Crippen LogP contribution < -0.4 is 5.32 Å². The maximum absolute atomic E-state index is 12.5. The topological polar surface area (TPSA) is 63.2 Å². The Hall–Kier alpha value is -1.85. The lowest BCUT2D eigenvalue weighted by molar-refractivity contribution is 0.0939. The van der Waals surface area contributed by atoms with Gasteiger partial charge in [-0.3, -0.25) is 4.79 Å². The largest absolute Gasteiger partial charge is 0.345 e. The van der Waals surface area contributed by atoms with E-state index in [0.717, 1.165) is 11.8 Å². The summed E-state index contributed by atoms with van der Waals surface area (Å²) < 4.78 is 23.3. The maximum atomic E-state index is 12.5. The molecule has 23 heavy (non-hydrogen) atoms. The Bertz CT molecular complexity index is 847. The van der Waals surface area contributed by atoms with E-state index in [1.54, 1.807) is 19.1 Å². The van der Waals surface area contributed by atoms with Crippen LogP contribution in [0.3, 0.4) is 0 Å². The van der Waals surface area contributed by atoms with Gasteiger partial charge in [0.25, 0.3) is 5.91 Å². The number of amides is 1. The zero-order valence-corrected chi connectivity index (χ0v) is 14.7. The highest BCUT2D eigenvalue weighted by Gasteiger charge is 2.17. The van der Waals surface area contributed by atoms with Crippen molar-refractivity contribution in [1.82, 2.24) is 5.32 Å². The van der Waals surface area contributed by atoms with Crippen LogP contribution in [0.25, 0.3) is 0 Å². The molecule has 1 unspecified atom stereocenters. The molecule has 0 heterocycles. The number of rotatable bonds is 4. The van der Waals surface area contributed by atoms with Crippen molar-refractivity contribution in [3.05, 3.63) is 64.2 Å². The van der Waals surface area contributed by atoms with Crippen LogP contribution >= 0.6 is 11.6 Å². The van der Waals surface area contributed by atoms with Crippen molar-refractivity contribution in [3.63, 3.8) is 0 Å². The van der Waals surface area contributed by atoms with Crippen molar-refractivity contribution in [2.24, 2.45) is 0 Å². The zero-order chi connectivity index (χ0) is 17.2. The van der Waals surface area contributed by atoms with E-state index in [2.05, 4.69) is 5.32 Å². The van der Waals surface area contributed by atoms with Crippen LogP contribution in [0.15, 0.2) is 47.4 Å². The molecule has 6 heteroatoms. The lowest BCUT2D eigenvalue weighted by atomic mass is 10.1. The zero-order valence-electron chi connectivity index (χ0n) is 13.1. The van der Waals surface area contributed by atoms with Gasteiger partial charge in [0.15, 0.2) is 9.84 Å². The second-order valence-corrected chi connectivity index (χ2v) is 7.89. The SMILES string of the molecule is Cc1ccc(S(C)(=O)=O)cc1C(=O)NC(C)c1ccccc1Cl. The summed E-state index contributed by atoms with van der Waals surface area (Å²) in [4.78, 5) is 12.6. The number of benzene rings is 2. The predicted octanol–water partition coefficient (Wildman–Crippen LogP) is 3.54. The van der Waals surface area contributed by atoms with Crippen LogP contribution in [0.4, 0.5) is 0 Å². The summed E-state index contributed by atoms with van der Waals surface area (Å²) in [6.45, 7) is 3.59. The minimum Gasteiger partial charge on any atom is -0.345 e. The summed E-state index contributed by atoms with van der Waals surface area (Å²) in [6, 6.07) is 11.5. The minimum absolute atomic E-state index is 0.124. The number of nitrogens with one attached hydrogen (secondary N) is 1. The van der Waals surface area contributed by atoms with E-state index in [1.807, 2.05) is 25.1 Å². The molecular formula is C17H18ClNO3S. The molecule has 2 aromatic rings. The average molecular weight is 352 g/mol. The second kappa shape index (κ2) is 6.72. The van der Waals surface area contributed by atoms with E-state index >= 15 is 0 Å². The molecule has 1 atom stereocenters. The minimum atomic E-state index is -3.36. The number of carbonyl (C=O) groups excluding carboxylic acids is 1. The Morgan fingerprint density at radius 1 is 1.17 bits per heavy atom. The molecule has 0 radical (unpaired) electrons. The van der Waals surface area contributed by atoms with E-state index in [0.29, 0.717) is 16.1 Å². The van der Waals surface area contributed by atoms with Crippen molar-refractivity contribution in [3.8, 4) is 0 Å². The van der Waals surface area contributed by atoms with E-state index in [9.17, 15) is 13.2 Å². The molecule has 122 valence electrons. The van der Waals surface area contributed by atoms with Crippen molar-refractivity contribution in [2.45, 2.75) is 24.8 Å². The van der Waals surface area contributed by atoms with Gasteiger partial charge < -0.3 is 5.32 Å². The van der Waals surface area contributed by atoms with Gasteiger partial charge in [0.1, 0.15) is 0 Å². The standard InChI is InChI=1S/C17H18ClNO3S/c1-11-8-9-13(23(3,21)22)10-15(11)17(20)19-12(2)14-6-4-5-7-16(14)18/h4-10,12H,1-3H3,(H,19,20). The quantitative estimate of drug-likeness (QED) is 0.916. The Balaban J connectivity index is 2.29. The molecule has 0 aliphatic carbocycles. The number of sulfone groups is 1. The lowest BCUT2D eigenvalue weighted by Gasteiger charge is -2.17. The second-order valence-electron chi connectivity index (χ2n) is 5.47. The Labute approximate surface area is 141 Å². The molecule has 2 aromatic carbocycles. The summed E-state index contributed by atoms with van der Waals surface area (Å²) >= 11 is 6.13. The smallest absolute Gasteiger partial charge is 0.252 e. The fourth-order valence-corrected chi connectivity index (χ4v) is 3.20. The lowest BCUT2D eigenvalue weighted by Crippen LogP contribution is -2.27. The molecule has 0 aliphatic heterocycles. The third-order valence-corrected chi connectivity index (χ3v) is 5.06. The molecule has 0 aliphatic rings. The molecular weight excluding hydrogens is 334 g/mol. The predicted molar refractivity (Wildman–Crippen MR) is 91.6 cm³/mol. The number of aryl methyl sites for hydroxylation is 1. The van der Waals surface area contributed by atoms with Gasteiger partial charge in [-0.05, 0) is 43.2 Å². The van der Waals surface area contributed by atoms with E-state index in [-0.39, 0.29) is 16.8 Å². The van der Waals surface area contributed by atoms with Gasteiger partial charge in [0.2, 0.25) is 0 Å². The van der Waals surface area contributed by atoms with Crippen LogP contribution in [0.2, 0.25) is 5.02 Å². The van der Waals surface area contributed by atoms with Crippen molar-refractivity contribution in [2.75, 3.05) is 6.26 Å². The molecule has 0 saturated carbocycles. The summed E-state index contributed by atoms with van der Waals surface area (Å²) in [5.41, 5.74) is 1.85. The van der Waals surface area contributed by atoms with Crippen LogP contribution in [-0.2, 0) is 9.84 Å². The fourth-order valence-electron chi connectivity index (χ4n) is 2.25. The number of halogens is 1. The molecule has 0 bridgehead atoms. The molecule has 1 amide bonds. The molecule has 0 saturated heterocycles. The Morgan fingerprint density at radius 3 is 2.43 bits per heavy atom. The molecule has 2 rings (SSSR count). The third kappa shape index (κ3) is 4.12. The van der Waals surface area contributed by atoms with Gasteiger partial charge in [0, 0.05) is 16.8 Å². The monoisotopic (exact) mass is 351 g/mol. The van der Waals surface area contributed by atoms with Crippen LogP contribution in [0.1, 0.15) is 34.5 Å². The summed E-state index contributed by atoms with van der Waals surface area (Å²) in [5, 5.41) is 3.43. The highest BCUT2D eigenvalue weighted by atomic mass is 35.5. The van der Waals surface area contributed by atoms with Crippen LogP contribution in [-0.4, -0.2) is 20.6 Å². The first-order valence-electron chi connectivity index (χ1n) is 7.06. The number of carbonyl (C=O) groups is 1. The van der Waals surface area contributed by atoms with Crippen LogP contribution in [0, 0.1) is 6.92 Å². The van der Waals surface area contributed by atoms with Crippen molar-refractivity contribution >= 4 is 27.3 Å². The normalized spacial score (nSPS) is 12.7. The van der Waals surface area contributed by atoms with Crippen LogP contribution in [0.5, 0.6) is 0 Å². The molecule has 1 N–H and O–H groups in total. The summed E-state index contributed by atoms with van der Waals surface area (Å²) in [6.07, 6.45) is 1.12. The van der Waals surface area contributed by atoms with Gasteiger partial charge in [-0.15, -0.1) is 0 Å². The van der Waals surface area contributed by atoms with Gasteiger partial charge >= 0.3 is 0 Å². The van der Waals surface area contributed by atoms with E-state index in [4.69, 9.17) is 11.6 Å². The number of hydrogen-bond acceptors (Lipinski definition) is 3. The van der Waals surface area contributed by atoms with Crippen molar-refractivity contribution < 1.29 is 13.2 Å². The maximum Gasteiger partial charge on any atom is 0.252 e. The first kappa shape index (κ1) is 17.5. The molecule has 4 nitrogen and oxygen atoms in total. The third-order valence-electron chi connectivity index (χ3n) is 3.60. The molecule has 0 spiro atoms. The molecule has 0 fully saturated rings. The summed E-state index contributed by atoms with van der Waals surface area (Å²) in [5.74, 6) is -0.333. The fraction of sp³-hybridized carbons (Fsp3) is 0.235. The average Bonchev–Trinajstić information content (AvgIpc) is 2.46. The van der Waals surface area contributed by atoms with E-state index < -0.39 is 9.84 Å². The Morgan fingerprint density at radius 2 is 1.83 bits per heavy atom. The highest BCUT2D eigenvalue weighted by Crippen LogP contribution is 2.23. The first-order chi connectivity index (χ1) is 10.7. The van der Waals surface area contributed by atoms with E-state index in [1.165, 1.54) is 12.1 Å². The first-order valence-corrected chi connectivity index (χ1v) is 9.33. The van der Waals surface area contributed by atoms with Crippen molar-refractivity contribution in [1.29, 1.82) is 0 Å². The number of hydrogen-bond donors (Lipinski definition) is 1.